The number of phenolic OH excluding ortho intramolecular Hbond substituents is 2. The average molecular weight is 545 g/mol. The number of para-hydroxylation sites is 2. The highest BCUT2D eigenvalue weighted by atomic mass is 16.3. The largest absolute Gasteiger partial charge is 0.508 e. The van der Waals surface area contributed by atoms with Gasteiger partial charge in [0.1, 0.15) is 11.5 Å². The minimum atomic E-state index is -0.281. The van der Waals surface area contributed by atoms with Crippen molar-refractivity contribution in [3.63, 3.8) is 0 Å². The van der Waals surface area contributed by atoms with Gasteiger partial charge in [-0.2, -0.15) is 0 Å². The Morgan fingerprint density at radius 3 is 1.26 bits per heavy atom. The number of aliphatic imine (C=N–C) groups is 2. The molecule has 0 saturated heterocycles. The summed E-state index contributed by atoms with van der Waals surface area (Å²) in [5.41, 5.74) is 8.31. The van der Waals surface area contributed by atoms with E-state index < -0.39 is 0 Å². The molecule has 42 heavy (non-hydrogen) atoms. The maximum atomic E-state index is 14.4. The van der Waals surface area contributed by atoms with Crippen LogP contribution in [0.2, 0.25) is 0 Å². The lowest BCUT2D eigenvalue weighted by molar-refractivity contribution is -0.114. The van der Waals surface area contributed by atoms with Crippen LogP contribution in [-0.4, -0.2) is 33.2 Å². The Balaban J connectivity index is 1.38. The first-order valence-corrected chi connectivity index (χ1v) is 13.5. The number of hydrogen-bond donors (Lipinski definition) is 2. The number of carbonyl (C=O) groups is 2. The van der Waals surface area contributed by atoms with Crippen LogP contribution in [0.3, 0.4) is 0 Å². The topological polar surface area (TPSA) is 99.3 Å². The standard InChI is InChI=1S/C36H20N2O4/c39-21-13-9-19(10-14-21)17-25-33-29(23-5-1-3-7-27(23)37-33)31(35(25)41)32-30-24-6-2-4-8-28(24)38-34(30)26(36(32)42)18-20-11-15-22(40)16-12-20/h1-18,39-40H/b25-17+,26-18+. The molecule has 2 N–H and O–H groups in total. The molecule has 0 saturated carbocycles. The van der Waals surface area contributed by atoms with Gasteiger partial charge in [-0.25, -0.2) is 9.98 Å². The number of carbonyl (C=O) groups excluding carboxylic acids is 2. The highest BCUT2D eigenvalue weighted by Crippen LogP contribution is 2.52. The van der Waals surface area contributed by atoms with Crippen LogP contribution in [0.25, 0.3) is 23.3 Å². The Hall–Kier alpha value is -5.88. The molecule has 8 rings (SSSR count). The number of Topliss-reactive ketones (excluding diaryl/α,β-unsaturated/α-hetero) is 2. The summed E-state index contributed by atoms with van der Waals surface area (Å²) >= 11 is 0. The van der Waals surface area contributed by atoms with E-state index in [-0.39, 0.29) is 23.1 Å². The second kappa shape index (κ2) is 8.81. The van der Waals surface area contributed by atoms with Gasteiger partial charge in [0, 0.05) is 44.6 Å². The molecule has 4 aromatic carbocycles. The monoisotopic (exact) mass is 544 g/mol. The molecule has 4 aromatic rings. The number of hydrogen-bond acceptors (Lipinski definition) is 6. The van der Waals surface area contributed by atoms with Gasteiger partial charge < -0.3 is 10.2 Å². The fourth-order valence-electron chi connectivity index (χ4n) is 6.00. The van der Waals surface area contributed by atoms with Crippen LogP contribution in [0.4, 0.5) is 11.4 Å². The minimum Gasteiger partial charge on any atom is -0.508 e. The Labute approximate surface area is 240 Å². The van der Waals surface area contributed by atoms with E-state index in [1.165, 1.54) is 0 Å². The molecule has 2 aliphatic heterocycles. The molecular formula is C36H20N2O4. The lowest BCUT2D eigenvalue weighted by Crippen LogP contribution is -2.11. The van der Waals surface area contributed by atoms with Crippen LogP contribution in [-0.2, 0) is 9.59 Å². The summed E-state index contributed by atoms with van der Waals surface area (Å²) in [6.45, 7) is 0. The van der Waals surface area contributed by atoms with Crippen molar-refractivity contribution in [2.75, 3.05) is 0 Å². The van der Waals surface area contributed by atoms with Crippen LogP contribution in [0.5, 0.6) is 11.5 Å². The zero-order valence-electron chi connectivity index (χ0n) is 22.0. The molecule has 6 heteroatoms. The summed E-state index contributed by atoms with van der Waals surface area (Å²) in [6, 6.07) is 28.4. The Morgan fingerprint density at radius 1 is 0.476 bits per heavy atom. The summed E-state index contributed by atoms with van der Waals surface area (Å²) in [6.07, 6.45) is 3.52. The van der Waals surface area contributed by atoms with Gasteiger partial charge in [0.05, 0.1) is 22.8 Å². The Bertz CT molecular complexity index is 1950. The van der Waals surface area contributed by atoms with Gasteiger partial charge in [-0.05, 0) is 59.7 Å². The van der Waals surface area contributed by atoms with Gasteiger partial charge in [0.25, 0.3) is 0 Å². The maximum Gasteiger partial charge on any atom is 0.196 e. The van der Waals surface area contributed by atoms with Gasteiger partial charge in [0.2, 0.25) is 0 Å². The van der Waals surface area contributed by atoms with Crippen molar-refractivity contribution in [2.24, 2.45) is 9.98 Å². The van der Waals surface area contributed by atoms with E-state index in [2.05, 4.69) is 0 Å². The predicted octanol–water partition coefficient (Wildman–Crippen LogP) is 6.81. The third-order valence-corrected chi connectivity index (χ3v) is 7.90. The lowest BCUT2D eigenvalue weighted by atomic mass is 9.91. The molecule has 2 aliphatic carbocycles. The van der Waals surface area contributed by atoms with E-state index in [0.29, 0.717) is 44.9 Å². The smallest absolute Gasteiger partial charge is 0.196 e. The first-order valence-electron chi connectivity index (χ1n) is 13.5. The summed E-state index contributed by atoms with van der Waals surface area (Å²) in [5.74, 6) is -0.306. The molecule has 2 heterocycles. The first-order chi connectivity index (χ1) is 20.5. The van der Waals surface area contributed by atoms with Gasteiger partial charge in [0.15, 0.2) is 11.6 Å². The van der Waals surface area contributed by atoms with Gasteiger partial charge in [-0.1, -0.05) is 60.7 Å². The van der Waals surface area contributed by atoms with Crippen LogP contribution in [0.1, 0.15) is 22.3 Å². The summed E-state index contributed by atoms with van der Waals surface area (Å²) in [4.78, 5) is 38.5. The molecule has 6 nitrogen and oxygen atoms in total. The number of ketones is 2. The number of benzene rings is 4. The van der Waals surface area contributed by atoms with E-state index >= 15 is 0 Å². The van der Waals surface area contributed by atoms with E-state index in [4.69, 9.17) is 9.98 Å². The van der Waals surface area contributed by atoms with Crippen molar-refractivity contribution in [1.82, 2.24) is 0 Å². The zero-order chi connectivity index (χ0) is 28.5. The molecule has 0 aromatic heterocycles. The third-order valence-electron chi connectivity index (χ3n) is 7.90. The molecule has 0 atom stereocenters. The molecule has 198 valence electrons. The van der Waals surface area contributed by atoms with Crippen molar-refractivity contribution < 1.29 is 19.8 Å². The summed E-state index contributed by atoms with van der Waals surface area (Å²) in [5, 5.41) is 19.5. The van der Waals surface area contributed by atoms with Crippen LogP contribution in [0.15, 0.2) is 129 Å². The van der Waals surface area contributed by atoms with Gasteiger partial charge in [-0.15, -0.1) is 0 Å². The quantitative estimate of drug-likeness (QED) is 0.277. The number of fused-ring (bicyclic) bond motifs is 6. The molecule has 0 radical (unpaired) electrons. The SMILES string of the molecule is O=C1C(C2=C3C(=Nc4ccccc43)/C(=C\c3ccc(O)cc3)C2=O)=C2C(=Nc3ccccc32)/C1=C\c1ccc(O)cc1. The third kappa shape index (κ3) is 3.45. The minimum absolute atomic E-state index is 0.128. The van der Waals surface area contributed by atoms with E-state index in [9.17, 15) is 19.8 Å². The van der Waals surface area contributed by atoms with Crippen molar-refractivity contribution in [3.05, 3.63) is 142 Å². The second-order valence-electron chi connectivity index (χ2n) is 10.4. The lowest BCUT2D eigenvalue weighted by Gasteiger charge is -2.08. The van der Waals surface area contributed by atoms with Crippen molar-refractivity contribution in [3.8, 4) is 11.5 Å². The zero-order valence-corrected chi connectivity index (χ0v) is 22.0. The normalized spacial score (nSPS) is 18.5. The van der Waals surface area contributed by atoms with Gasteiger partial charge >= 0.3 is 0 Å². The first kappa shape index (κ1) is 24.0. The molecule has 0 fully saturated rings. The maximum absolute atomic E-state index is 14.4. The van der Waals surface area contributed by atoms with Crippen molar-refractivity contribution >= 4 is 57.7 Å². The highest BCUT2D eigenvalue weighted by molar-refractivity contribution is 6.63. The van der Waals surface area contributed by atoms with Crippen molar-refractivity contribution in [1.29, 1.82) is 0 Å². The van der Waals surface area contributed by atoms with E-state index in [0.717, 1.165) is 33.6 Å². The predicted molar refractivity (Wildman–Crippen MR) is 163 cm³/mol. The highest BCUT2D eigenvalue weighted by Gasteiger charge is 2.48. The molecule has 0 bridgehead atoms. The summed E-state index contributed by atoms with van der Waals surface area (Å²) in [7, 11) is 0. The van der Waals surface area contributed by atoms with Crippen LogP contribution >= 0.6 is 0 Å². The molecular weight excluding hydrogens is 524 g/mol. The fraction of sp³-hybridized carbons (Fsp3) is 0. The van der Waals surface area contributed by atoms with Crippen molar-refractivity contribution in [2.45, 2.75) is 0 Å². The Morgan fingerprint density at radius 2 is 0.857 bits per heavy atom. The molecule has 4 aliphatic rings. The van der Waals surface area contributed by atoms with Crippen LogP contribution < -0.4 is 0 Å². The van der Waals surface area contributed by atoms with E-state index in [1.54, 1.807) is 60.7 Å². The second-order valence-corrected chi connectivity index (χ2v) is 10.4. The number of aromatic hydroxyl groups is 2. The molecule has 0 spiro atoms. The Kier molecular flexibility index (Phi) is 5.03. The number of phenols is 2. The van der Waals surface area contributed by atoms with E-state index in [1.807, 2.05) is 48.5 Å². The van der Waals surface area contributed by atoms with Gasteiger partial charge in [-0.3, -0.25) is 9.59 Å². The number of rotatable bonds is 3. The number of allylic oxidation sites excluding steroid dienone is 6. The molecule has 0 unspecified atom stereocenters. The summed E-state index contributed by atoms with van der Waals surface area (Å²) < 4.78 is 0. The molecule has 0 amide bonds. The fourth-order valence-corrected chi connectivity index (χ4v) is 6.00. The average Bonchev–Trinajstić information content (AvgIpc) is 3.70. The number of nitrogens with zero attached hydrogens (tertiary/aromatic N) is 2. The van der Waals surface area contributed by atoms with Crippen LogP contribution in [0, 0.1) is 0 Å².